The summed E-state index contributed by atoms with van der Waals surface area (Å²) < 4.78 is 0. The second kappa shape index (κ2) is 20.9. The van der Waals surface area contributed by atoms with Gasteiger partial charge in [0, 0.05) is 5.57 Å². The van der Waals surface area contributed by atoms with E-state index in [0.29, 0.717) is 12.0 Å². The third-order valence-electron chi connectivity index (χ3n) is 5.81. The van der Waals surface area contributed by atoms with Crippen LogP contribution < -0.4 is 0 Å². The van der Waals surface area contributed by atoms with Crippen molar-refractivity contribution in [3.63, 3.8) is 0 Å². The Balaban J connectivity index is 3.07. The van der Waals surface area contributed by atoms with Gasteiger partial charge in [0.1, 0.15) is 0 Å². The Labute approximate surface area is 176 Å². The van der Waals surface area contributed by atoms with Crippen LogP contribution in [0.5, 0.6) is 0 Å². The summed E-state index contributed by atoms with van der Waals surface area (Å²) in [4.78, 5) is 10.6. The summed E-state index contributed by atoms with van der Waals surface area (Å²) in [6, 6.07) is 0. The minimum Gasteiger partial charge on any atom is -0.478 e. The van der Waals surface area contributed by atoms with Crippen molar-refractivity contribution in [1.82, 2.24) is 0 Å². The van der Waals surface area contributed by atoms with Gasteiger partial charge in [-0.2, -0.15) is 0 Å². The lowest BCUT2D eigenvalue weighted by Gasteiger charge is -2.05. The zero-order valence-corrected chi connectivity index (χ0v) is 19.3. The smallest absolute Gasteiger partial charge is 0.330 e. The number of carboxylic acid groups (broad SMARTS) is 1. The molecule has 0 aromatic rings. The third kappa shape index (κ3) is 21.5. The van der Waals surface area contributed by atoms with Crippen molar-refractivity contribution in [2.75, 3.05) is 0 Å². The largest absolute Gasteiger partial charge is 0.478 e. The Morgan fingerprint density at radius 3 is 1.18 bits per heavy atom. The van der Waals surface area contributed by atoms with Gasteiger partial charge in [0.25, 0.3) is 0 Å². The van der Waals surface area contributed by atoms with Crippen LogP contribution in [0.2, 0.25) is 0 Å². The predicted octanol–water partition coefficient (Wildman–Crippen LogP) is 9.09. The van der Waals surface area contributed by atoms with Crippen LogP contribution in [0.15, 0.2) is 12.2 Å². The van der Waals surface area contributed by atoms with Gasteiger partial charge in [0.15, 0.2) is 0 Å². The molecule has 0 aliphatic rings. The average molecular weight is 395 g/mol. The van der Waals surface area contributed by atoms with Gasteiger partial charge in [0.05, 0.1) is 0 Å². The molecule has 0 bridgehead atoms. The highest BCUT2D eigenvalue weighted by molar-refractivity contribution is 5.85. The van der Waals surface area contributed by atoms with Gasteiger partial charge in [-0.3, -0.25) is 0 Å². The molecule has 0 aliphatic heterocycles. The quantitative estimate of drug-likeness (QED) is 0.147. The van der Waals surface area contributed by atoms with Crippen molar-refractivity contribution < 1.29 is 9.90 Å². The maximum atomic E-state index is 10.6. The molecule has 0 fully saturated rings. The number of carbonyl (C=O) groups is 1. The van der Waals surface area contributed by atoms with Crippen LogP contribution in [-0.2, 0) is 4.79 Å². The molecule has 0 aliphatic carbocycles. The number of hydrogen-bond acceptors (Lipinski definition) is 1. The second-order valence-electron chi connectivity index (χ2n) is 9.21. The first-order valence-corrected chi connectivity index (χ1v) is 12.4. The first-order chi connectivity index (χ1) is 13.5. The maximum Gasteiger partial charge on any atom is 0.330 e. The Hall–Kier alpha value is -0.790. The Morgan fingerprint density at radius 2 is 0.893 bits per heavy atom. The van der Waals surface area contributed by atoms with Crippen LogP contribution in [0.1, 0.15) is 142 Å². The molecule has 2 heteroatoms. The molecule has 0 aromatic carbocycles. The van der Waals surface area contributed by atoms with Gasteiger partial charge in [-0.25, -0.2) is 4.79 Å². The van der Waals surface area contributed by atoms with E-state index in [1.807, 2.05) is 0 Å². The molecule has 0 radical (unpaired) electrons. The topological polar surface area (TPSA) is 37.3 Å². The molecule has 0 amide bonds. The lowest BCUT2D eigenvalue weighted by atomic mass is 10.0. The molecule has 0 atom stereocenters. The van der Waals surface area contributed by atoms with Crippen molar-refractivity contribution in [2.45, 2.75) is 142 Å². The van der Waals surface area contributed by atoms with Crippen molar-refractivity contribution >= 4 is 5.97 Å². The fourth-order valence-electron chi connectivity index (χ4n) is 3.83. The molecule has 0 rings (SSSR count). The second-order valence-corrected chi connectivity index (χ2v) is 9.21. The Kier molecular flexibility index (Phi) is 20.3. The van der Waals surface area contributed by atoms with Crippen molar-refractivity contribution in [3.05, 3.63) is 12.2 Å². The van der Waals surface area contributed by atoms with E-state index in [9.17, 15) is 4.79 Å². The summed E-state index contributed by atoms with van der Waals surface area (Å²) in [5, 5.41) is 8.75. The van der Waals surface area contributed by atoms with E-state index in [4.69, 9.17) is 5.11 Å². The zero-order valence-electron chi connectivity index (χ0n) is 19.3. The van der Waals surface area contributed by atoms with Gasteiger partial charge < -0.3 is 5.11 Å². The molecule has 0 spiro atoms. The van der Waals surface area contributed by atoms with E-state index in [1.54, 1.807) is 0 Å². The van der Waals surface area contributed by atoms with Gasteiger partial charge in [-0.05, 0) is 18.8 Å². The molecular formula is C26H50O2. The molecule has 28 heavy (non-hydrogen) atoms. The minimum absolute atomic E-state index is 0.358. The van der Waals surface area contributed by atoms with Crippen LogP contribution in [0, 0.1) is 5.92 Å². The molecule has 0 aromatic heterocycles. The molecule has 1 N–H and O–H groups in total. The normalized spacial score (nSPS) is 11.2. The highest BCUT2D eigenvalue weighted by atomic mass is 16.4. The van der Waals surface area contributed by atoms with Crippen molar-refractivity contribution in [1.29, 1.82) is 0 Å². The molecule has 2 nitrogen and oxygen atoms in total. The van der Waals surface area contributed by atoms with Crippen molar-refractivity contribution in [3.8, 4) is 0 Å². The first-order valence-electron chi connectivity index (χ1n) is 12.4. The highest BCUT2D eigenvalue weighted by Crippen LogP contribution is 2.16. The fraction of sp³-hybridized carbons (Fsp3) is 0.885. The lowest BCUT2D eigenvalue weighted by Crippen LogP contribution is -1.98. The van der Waals surface area contributed by atoms with Gasteiger partial charge >= 0.3 is 5.97 Å². The summed E-state index contributed by atoms with van der Waals surface area (Å²) in [6.45, 7) is 8.23. The molecule has 166 valence electrons. The molecular weight excluding hydrogens is 344 g/mol. The highest BCUT2D eigenvalue weighted by Gasteiger charge is 2.02. The van der Waals surface area contributed by atoms with Crippen LogP contribution in [0.25, 0.3) is 0 Å². The van der Waals surface area contributed by atoms with E-state index in [0.717, 1.165) is 18.8 Å². The number of carboxylic acids is 1. The van der Waals surface area contributed by atoms with E-state index < -0.39 is 5.97 Å². The van der Waals surface area contributed by atoms with Gasteiger partial charge in [0.2, 0.25) is 0 Å². The molecule has 0 saturated carbocycles. The number of rotatable bonds is 22. The zero-order chi connectivity index (χ0) is 20.9. The average Bonchev–Trinajstić information content (AvgIpc) is 2.65. The lowest BCUT2D eigenvalue weighted by molar-refractivity contribution is -0.132. The third-order valence-corrected chi connectivity index (χ3v) is 5.81. The van der Waals surface area contributed by atoms with Crippen LogP contribution in [0.4, 0.5) is 0 Å². The Bertz CT molecular complexity index is 359. The predicted molar refractivity (Wildman–Crippen MR) is 124 cm³/mol. The molecule has 0 saturated heterocycles. The minimum atomic E-state index is -0.840. The van der Waals surface area contributed by atoms with Crippen LogP contribution in [0.3, 0.4) is 0 Å². The Morgan fingerprint density at radius 1 is 0.607 bits per heavy atom. The van der Waals surface area contributed by atoms with Gasteiger partial charge in [-0.1, -0.05) is 136 Å². The first kappa shape index (κ1) is 27.2. The monoisotopic (exact) mass is 394 g/mol. The van der Waals surface area contributed by atoms with Crippen LogP contribution >= 0.6 is 0 Å². The van der Waals surface area contributed by atoms with E-state index in [-0.39, 0.29) is 0 Å². The number of hydrogen-bond donors (Lipinski definition) is 1. The van der Waals surface area contributed by atoms with Crippen LogP contribution in [-0.4, -0.2) is 11.1 Å². The van der Waals surface area contributed by atoms with E-state index in [1.165, 1.54) is 109 Å². The summed E-state index contributed by atoms with van der Waals surface area (Å²) >= 11 is 0. The maximum absolute atomic E-state index is 10.6. The number of aliphatic carboxylic acids is 1. The summed E-state index contributed by atoms with van der Waals surface area (Å²) in [6.07, 6.45) is 26.7. The molecule has 0 unspecified atom stereocenters. The summed E-state index contributed by atoms with van der Waals surface area (Å²) in [5.74, 6) is 0.0376. The fourth-order valence-corrected chi connectivity index (χ4v) is 3.83. The van der Waals surface area contributed by atoms with E-state index >= 15 is 0 Å². The number of unbranched alkanes of at least 4 members (excludes halogenated alkanes) is 17. The van der Waals surface area contributed by atoms with E-state index in [2.05, 4.69) is 20.4 Å². The molecule has 0 heterocycles. The SMILES string of the molecule is C=C(CCCCCCCCCCCCCCCCCCCCC(C)C)C(=O)O. The van der Waals surface area contributed by atoms with Gasteiger partial charge in [-0.15, -0.1) is 0 Å². The standard InChI is InChI=1S/C26H50O2/c1-24(2)22-20-18-16-14-12-10-8-6-4-5-7-9-11-13-15-17-19-21-23-25(3)26(27)28/h24H,3-23H2,1-2H3,(H,27,28). The summed E-state index contributed by atoms with van der Waals surface area (Å²) in [5.41, 5.74) is 0.358. The summed E-state index contributed by atoms with van der Waals surface area (Å²) in [7, 11) is 0. The van der Waals surface area contributed by atoms with Crippen molar-refractivity contribution in [2.24, 2.45) is 5.92 Å².